The minimum Gasteiger partial charge on any atom is -0.394 e. The molecule has 20 rings (SSSR count). The number of aromatic nitrogens is 17. The number of benzene rings is 5. The van der Waals surface area contributed by atoms with Crippen molar-refractivity contribution >= 4 is 54.5 Å². The second-order valence-electron chi connectivity index (χ2n) is 32.4. The van der Waals surface area contributed by atoms with Crippen molar-refractivity contribution in [2.75, 3.05) is 33.0 Å². The molecule has 16 N–H and O–H groups in total. The molecule has 20 atom stereocenters. The number of aliphatic hydroxyl groups excluding tert-OH is 15. The van der Waals surface area contributed by atoms with E-state index >= 15 is 0 Å². The zero-order chi connectivity index (χ0) is 98.1. The highest BCUT2D eigenvalue weighted by Crippen LogP contribution is 2.34. The van der Waals surface area contributed by atoms with Gasteiger partial charge < -0.3 is 109 Å². The summed E-state index contributed by atoms with van der Waals surface area (Å²) in [5.41, 5.74) is -2.15. The smallest absolute Gasteiger partial charge is 0.333 e. The lowest BCUT2D eigenvalue weighted by atomic mass is 10.1. The SMILES string of the molecule is Cn1nc(Cn2c(=O)ccn([C@@H]3O[C@H](CO)[C@H](O)C3O)c2=O)c2ccccc21.O=c1ccn([C@@H]2O[C@H](CO)[C@H](O)C2O)c(=O)n1Cc1[nH]nc2ccccc12.O=c1ccn([C@@H]2O[C@H](CO)[C@H](O)C2O)c(=O)n1Cc1nccc2ccccc12.O=c1ccn([C@@H]2O[C@H](CO)[C@H](O)C2O)c(=O)n1Cc1noc2cccc(F)c12.O=c1ccn([C@@H]2O[C@H](CO)[C@H](O)C2O)c(=O)n1Cc1noc2ccccc12. The number of H-pyrrole nitrogens is 1. The van der Waals surface area contributed by atoms with Crippen LogP contribution in [0.25, 0.3) is 54.5 Å². The number of aromatic amines is 1. The number of aryl methyl sites for hydroxylation is 1. The van der Waals surface area contributed by atoms with Gasteiger partial charge in [-0.25, -0.2) is 28.4 Å². The summed E-state index contributed by atoms with van der Waals surface area (Å²) in [5, 5.41) is 169. The van der Waals surface area contributed by atoms with Crippen molar-refractivity contribution in [3.8, 4) is 0 Å². The molecule has 726 valence electrons. The molecule has 15 aromatic rings. The number of nitrogens with one attached hydrogen (secondary N) is 1. The Labute approximate surface area is 768 Å². The van der Waals surface area contributed by atoms with Gasteiger partial charge in [-0.15, -0.1) is 0 Å². The van der Waals surface area contributed by atoms with Gasteiger partial charge in [-0.1, -0.05) is 89.2 Å². The number of ether oxygens (including phenoxy) is 5. The van der Waals surface area contributed by atoms with Crippen LogP contribution in [0.2, 0.25) is 0 Å². The predicted molar refractivity (Wildman–Crippen MR) is 472 cm³/mol. The molecule has 5 unspecified atom stereocenters. The van der Waals surface area contributed by atoms with Crippen LogP contribution in [0.5, 0.6) is 0 Å². The molecule has 50 heteroatoms. The molecule has 5 aliphatic rings. The van der Waals surface area contributed by atoms with Crippen LogP contribution in [0, 0.1) is 5.82 Å². The van der Waals surface area contributed by atoms with Gasteiger partial charge in [0.1, 0.15) is 109 Å². The van der Waals surface area contributed by atoms with Gasteiger partial charge in [0.15, 0.2) is 42.3 Å². The summed E-state index contributed by atoms with van der Waals surface area (Å²) in [6.07, 6.45) is -17.8. The van der Waals surface area contributed by atoms with Crippen molar-refractivity contribution in [1.29, 1.82) is 0 Å². The van der Waals surface area contributed by atoms with Crippen LogP contribution in [0.4, 0.5) is 4.39 Å². The Morgan fingerprint density at radius 3 is 1.11 bits per heavy atom. The molecule has 0 saturated carbocycles. The lowest BCUT2D eigenvalue weighted by molar-refractivity contribution is -0.0555. The maximum atomic E-state index is 14.1. The van der Waals surface area contributed by atoms with Crippen molar-refractivity contribution in [3.63, 3.8) is 0 Å². The first-order valence-electron chi connectivity index (χ1n) is 42.6. The van der Waals surface area contributed by atoms with E-state index in [1.54, 1.807) is 48.3 Å². The van der Waals surface area contributed by atoms with Crippen LogP contribution < -0.4 is 56.2 Å². The fourth-order valence-corrected chi connectivity index (χ4v) is 16.7. The number of aliphatic hydroxyl groups is 15. The minimum absolute atomic E-state index is 0.0474. The van der Waals surface area contributed by atoms with Crippen LogP contribution >= 0.6 is 0 Å². The molecular weight excluding hydrogens is 1830 g/mol. The normalized spacial score (nSPS) is 25.0. The maximum absolute atomic E-state index is 14.1. The summed E-state index contributed by atoms with van der Waals surface area (Å²) in [7, 11) is 1.77. The summed E-state index contributed by atoms with van der Waals surface area (Å²) in [4.78, 5) is 130. The van der Waals surface area contributed by atoms with Gasteiger partial charge in [-0.3, -0.25) is 84.4 Å². The number of nitrogens with zero attached hydrogens (tertiary/aromatic N) is 16. The zero-order valence-corrected chi connectivity index (χ0v) is 72.2. The number of pyridine rings is 1. The van der Waals surface area contributed by atoms with E-state index in [-0.39, 0.29) is 49.4 Å². The number of para-hydroxylation sites is 3. The number of fused-ring (bicyclic) bond motifs is 5. The number of hydrogen-bond donors (Lipinski definition) is 16. The van der Waals surface area contributed by atoms with Gasteiger partial charge in [0, 0.05) is 96.1 Å². The summed E-state index contributed by atoms with van der Waals surface area (Å²) in [5.74, 6) is -0.610. The van der Waals surface area contributed by atoms with Gasteiger partial charge in [-0.05, 0) is 47.9 Å². The lowest BCUT2D eigenvalue weighted by Crippen LogP contribution is -2.43. The molecule has 0 bridgehead atoms. The highest BCUT2D eigenvalue weighted by atomic mass is 19.1. The first-order chi connectivity index (χ1) is 66.4. The van der Waals surface area contributed by atoms with E-state index in [4.69, 9.17) is 32.7 Å². The average Bonchev–Trinajstić information content (AvgIpc) is 1.55. The maximum Gasteiger partial charge on any atom is 0.333 e. The predicted octanol–water partition coefficient (Wildman–Crippen LogP) is -5.92. The second kappa shape index (κ2) is 41.1. The molecule has 0 aliphatic carbocycles. The fourth-order valence-electron chi connectivity index (χ4n) is 16.7. The molecule has 0 radical (unpaired) electrons. The summed E-state index contributed by atoms with van der Waals surface area (Å²) < 4.78 is 62.6. The van der Waals surface area contributed by atoms with E-state index in [0.717, 1.165) is 91.1 Å². The second-order valence-corrected chi connectivity index (χ2v) is 32.4. The third-order valence-corrected chi connectivity index (χ3v) is 24.1. The topological polar surface area (TPSA) is 681 Å². The number of rotatable bonds is 20. The van der Waals surface area contributed by atoms with Crippen molar-refractivity contribution in [3.05, 3.63) is 327 Å². The highest BCUT2D eigenvalue weighted by molar-refractivity contribution is 5.85. The molecule has 49 nitrogen and oxygen atoms in total. The van der Waals surface area contributed by atoms with Crippen LogP contribution in [0.3, 0.4) is 0 Å². The summed E-state index contributed by atoms with van der Waals surface area (Å²) in [6, 6.07) is 41.0. The van der Waals surface area contributed by atoms with Gasteiger partial charge in [0.05, 0.1) is 99.3 Å². The quantitative estimate of drug-likeness (QED) is 0.0338. The Bertz CT molecular complexity index is 7340. The first kappa shape index (κ1) is 97.0. The molecule has 5 aromatic carbocycles. The van der Waals surface area contributed by atoms with Crippen molar-refractivity contribution in [2.45, 2.75) is 155 Å². The van der Waals surface area contributed by atoms with Gasteiger partial charge in [-0.2, -0.15) is 10.2 Å². The summed E-state index contributed by atoms with van der Waals surface area (Å²) >= 11 is 0. The van der Waals surface area contributed by atoms with E-state index in [1.165, 1.54) is 61.2 Å². The van der Waals surface area contributed by atoms with Gasteiger partial charge >= 0.3 is 28.4 Å². The van der Waals surface area contributed by atoms with Crippen molar-refractivity contribution in [2.24, 2.45) is 7.05 Å². The Hall–Kier alpha value is -14.1. The van der Waals surface area contributed by atoms with E-state index in [0.29, 0.717) is 39.3 Å². The number of hydrogen-bond acceptors (Lipinski definition) is 37. The van der Waals surface area contributed by atoms with E-state index in [2.05, 4.69) is 30.6 Å². The standard InChI is InChI=1S/C19H19N3O6.C18H20N4O6.C17H16FN3O7.C17H18N4O6.C17H17N3O7/c23-10-14-16(25)17(26)18(28-14)21-8-6-15(24)22(19(21)27)9-13-12-4-2-1-3-11(12)5-7-20-13;1-20-12-5-3-2-4-10(12)11(19-20)8-22-14(24)6-7-21(18(22)27)17-16(26)15(25)13(9-23)28-17;18-8-2-1-3-10-13(8)9(19-28-10)6-21-12(23)4-5-20(17(21)26)16-15(25)14(24)11(7-22)27-16;22-8-12-14(24)15(25)16(27-12)20-6-5-13(23)21(17(20)26)7-11-9-3-1-2-4-10(9)18-19-11;21-8-12-14(23)15(24)16(26-12)19-6-5-13(22)20(17(19)25)7-10-9-3-1-2-4-11(9)27-18-10/h1-8,14,16-18,23,25-26H,9-10H2;2-7,13,15-17,23,25-26H,8-9H2,1H3;1-5,11,14-16,22,24-25H,6-7H2;1-6,12,14-16,22,24-25H,7-8H2,(H,18,19);1-6,12,14-16,21,23-24H,7-8H2/t14-,16+,17?,18-;13-,15+,16?,17-;11-,14+,15?,16-;2*12-,14+,15?,16-/m11111/s1. The largest absolute Gasteiger partial charge is 0.394 e. The number of halogens is 1. The van der Waals surface area contributed by atoms with Crippen molar-refractivity contribution in [1.82, 2.24) is 80.9 Å². The van der Waals surface area contributed by atoms with Gasteiger partial charge in [0.2, 0.25) is 0 Å². The Morgan fingerprint density at radius 1 is 0.341 bits per heavy atom. The van der Waals surface area contributed by atoms with E-state index in [9.17, 15) is 129 Å². The molecule has 0 spiro atoms. The fraction of sp³-hybridized carbons (Fsp3) is 0.352. The molecule has 5 fully saturated rings. The monoisotopic (exact) mass is 1920 g/mol. The van der Waals surface area contributed by atoms with Crippen LogP contribution in [-0.2, 0) is 63.5 Å². The third kappa shape index (κ3) is 18.8. The average molecular weight is 1920 g/mol. The zero-order valence-electron chi connectivity index (χ0n) is 72.2. The highest BCUT2D eigenvalue weighted by Gasteiger charge is 2.49. The minimum atomic E-state index is -1.49. The first-order valence-corrected chi connectivity index (χ1v) is 42.6. The third-order valence-electron chi connectivity index (χ3n) is 24.1. The molecule has 5 saturated heterocycles. The molecule has 0 amide bonds. The molecule has 15 heterocycles. The molecular formula is C88H90FN17O32. The molecule has 10 aromatic heterocycles. The van der Waals surface area contributed by atoms with Gasteiger partial charge in [0.25, 0.3) is 27.8 Å². The van der Waals surface area contributed by atoms with E-state index in [1.807, 2.05) is 72.8 Å². The Kier molecular flexibility index (Phi) is 28.9. The van der Waals surface area contributed by atoms with Crippen LogP contribution in [0.15, 0.2) is 246 Å². The Morgan fingerprint density at radius 2 is 0.681 bits per heavy atom. The molecule has 5 aliphatic heterocycles. The Balaban J connectivity index is 0.000000125. The lowest BCUT2D eigenvalue weighted by Gasteiger charge is -2.18. The summed E-state index contributed by atoms with van der Waals surface area (Å²) in [6.45, 7) is -3.29. The van der Waals surface area contributed by atoms with Crippen LogP contribution in [-0.4, -0.2) is 282 Å². The molecule has 138 heavy (non-hydrogen) atoms. The van der Waals surface area contributed by atoms with Crippen LogP contribution in [0.1, 0.15) is 59.6 Å². The van der Waals surface area contributed by atoms with Crippen molar-refractivity contribution < 1.29 is 114 Å². The van der Waals surface area contributed by atoms with E-state index < -0.39 is 218 Å².